The number of halogens is 2. The van der Waals surface area contributed by atoms with Gasteiger partial charge in [0.05, 0.1) is 21.5 Å². The molecule has 1 amide bonds. The first kappa shape index (κ1) is 16.9. The summed E-state index contributed by atoms with van der Waals surface area (Å²) in [7, 11) is 0. The number of carbonyl (C=O) groups is 1. The van der Waals surface area contributed by atoms with Crippen molar-refractivity contribution in [1.29, 1.82) is 0 Å². The molecule has 0 atom stereocenters. The van der Waals surface area contributed by atoms with Crippen LogP contribution >= 0.6 is 35.0 Å². The molecule has 0 unspecified atom stereocenters. The van der Waals surface area contributed by atoms with E-state index in [9.17, 15) is 4.79 Å². The number of carbonyl (C=O) groups excluding carboxylic acids is 1. The normalized spacial score (nSPS) is 10.6. The van der Waals surface area contributed by atoms with Crippen LogP contribution in [0.4, 0.5) is 5.69 Å². The lowest BCUT2D eigenvalue weighted by atomic mass is 10.2. The summed E-state index contributed by atoms with van der Waals surface area (Å²) in [6.45, 7) is 0. The van der Waals surface area contributed by atoms with Crippen LogP contribution in [0, 0.1) is 0 Å². The number of hydrogen-bond donors (Lipinski definition) is 1. The molecule has 0 radical (unpaired) electrons. The summed E-state index contributed by atoms with van der Waals surface area (Å²) in [6.07, 6.45) is 3.43. The second kappa shape index (κ2) is 7.75. The third kappa shape index (κ3) is 4.12. The lowest BCUT2D eigenvalue weighted by molar-refractivity contribution is -0.113. The summed E-state index contributed by atoms with van der Waals surface area (Å²) < 4.78 is 5.71. The first-order valence-electron chi connectivity index (χ1n) is 7.00. The van der Waals surface area contributed by atoms with Gasteiger partial charge in [0.2, 0.25) is 5.91 Å². The molecule has 4 nitrogen and oxygen atoms in total. The summed E-state index contributed by atoms with van der Waals surface area (Å²) in [5.74, 6) is 0.718. The molecule has 0 aliphatic carbocycles. The van der Waals surface area contributed by atoms with Crippen molar-refractivity contribution in [3.63, 3.8) is 0 Å². The number of anilines is 1. The standard InChI is InChI=1S/C17H12Cl2N2O2S/c18-12-4-1-5-13(17(12)19)21-15(22)10-24-16-7-6-14(23-16)11-3-2-8-20-9-11/h1-9H,10H2,(H,21,22). The van der Waals surface area contributed by atoms with Crippen LogP contribution < -0.4 is 5.32 Å². The Morgan fingerprint density at radius 1 is 1.17 bits per heavy atom. The Bertz CT molecular complexity index is 853. The van der Waals surface area contributed by atoms with E-state index in [-0.39, 0.29) is 11.7 Å². The summed E-state index contributed by atoms with van der Waals surface area (Å²) in [6, 6.07) is 12.5. The van der Waals surface area contributed by atoms with Crippen molar-refractivity contribution < 1.29 is 9.21 Å². The zero-order valence-corrected chi connectivity index (χ0v) is 14.7. The van der Waals surface area contributed by atoms with Gasteiger partial charge in [-0.3, -0.25) is 9.78 Å². The van der Waals surface area contributed by atoms with Gasteiger partial charge in [-0.1, -0.05) is 41.0 Å². The summed E-state index contributed by atoms with van der Waals surface area (Å²) in [4.78, 5) is 16.1. The van der Waals surface area contributed by atoms with Crippen LogP contribution in [-0.2, 0) is 4.79 Å². The zero-order valence-electron chi connectivity index (χ0n) is 12.3. The quantitative estimate of drug-likeness (QED) is 0.605. The summed E-state index contributed by atoms with van der Waals surface area (Å²) >= 11 is 13.3. The predicted molar refractivity (Wildman–Crippen MR) is 97.8 cm³/mol. The van der Waals surface area contributed by atoms with Crippen LogP contribution in [0.25, 0.3) is 11.3 Å². The molecule has 24 heavy (non-hydrogen) atoms. The van der Waals surface area contributed by atoms with Gasteiger partial charge in [0.25, 0.3) is 0 Å². The monoisotopic (exact) mass is 378 g/mol. The van der Waals surface area contributed by atoms with Gasteiger partial charge in [0, 0.05) is 18.0 Å². The van der Waals surface area contributed by atoms with E-state index in [1.807, 2.05) is 24.3 Å². The van der Waals surface area contributed by atoms with Gasteiger partial charge >= 0.3 is 0 Å². The van der Waals surface area contributed by atoms with Crippen molar-refractivity contribution in [3.05, 3.63) is 64.9 Å². The van der Waals surface area contributed by atoms with Crippen molar-refractivity contribution in [2.45, 2.75) is 5.09 Å². The summed E-state index contributed by atoms with van der Waals surface area (Å²) in [5.41, 5.74) is 1.38. The van der Waals surface area contributed by atoms with Crippen molar-refractivity contribution >= 4 is 46.6 Å². The van der Waals surface area contributed by atoms with Crippen LogP contribution in [0.15, 0.2) is 64.4 Å². The van der Waals surface area contributed by atoms with Crippen LogP contribution in [0.5, 0.6) is 0 Å². The zero-order chi connectivity index (χ0) is 16.9. The van der Waals surface area contributed by atoms with Crippen LogP contribution in [0.3, 0.4) is 0 Å². The van der Waals surface area contributed by atoms with Crippen molar-refractivity contribution in [1.82, 2.24) is 4.98 Å². The van der Waals surface area contributed by atoms with E-state index in [4.69, 9.17) is 27.6 Å². The number of benzene rings is 1. The lowest BCUT2D eigenvalue weighted by Crippen LogP contribution is -2.14. The SMILES string of the molecule is O=C(CSc1ccc(-c2cccnc2)o1)Nc1cccc(Cl)c1Cl. The minimum absolute atomic E-state index is 0.191. The molecule has 122 valence electrons. The maximum atomic E-state index is 12.0. The molecule has 2 heterocycles. The van der Waals surface area contributed by atoms with Crippen LogP contribution in [-0.4, -0.2) is 16.6 Å². The van der Waals surface area contributed by atoms with Crippen molar-refractivity contribution in [3.8, 4) is 11.3 Å². The van der Waals surface area contributed by atoms with E-state index < -0.39 is 0 Å². The molecular weight excluding hydrogens is 367 g/mol. The maximum absolute atomic E-state index is 12.0. The van der Waals surface area contributed by atoms with Gasteiger partial charge in [-0.2, -0.15) is 0 Å². The Morgan fingerprint density at radius 2 is 2.04 bits per heavy atom. The Hall–Kier alpha value is -1.95. The number of aromatic nitrogens is 1. The van der Waals surface area contributed by atoms with Crippen molar-refractivity contribution in [2.75, 3.05) is 11.1 Å². The average Bonchev–Trinajstić information content (AvgIpc) is 3.07. The molecule has 1 N–H and O–H groups in total. The van der Waals surface area contributed by atoms with Crippen LogP contribution in [0.1, 0.15) is 0 Å². The Balaban J connectivity index is 1.59. The highest BCUT2D eigenvalue weighted by atomic mass is 35.5. The molecule has 0 aliphatic rings. The van der Waals surface area contributed by atoms with E-state index in [0.717, 1.165) is 5.56 Å². The third-order valence-electron chi connectivity index (χ3n) is 3.10. The molecule has 2 aromatic heterocycles. The Kier molecular flexibility index (Phi) is 5.45. The molecule has 0 saturated heterocycles. The molecule has 1 aromatic carbocycles. The molecule has 0 aliphatic heterocycles. The number of pyridine rings is 1. The minimum Gasteiger partial charge on any atom is -0.450 e. The average molecular weight is 379 g/mol. The number of furan rings is 1. The van der Waals surface area contributed by atoms with Gasteiger partial charge in [-0.05, 0) is 36.4 Å². The summed E-state index contributed by atoms with van der Waals surface area (Å²) in [5, 5.41) is 4.11. The fourth-order valence-electron chi connectivity index (χ4n) is 1.98. The smallest absolute Gasteiger partial charge is 0.234 e. The number of nitrogens with one attached hydrogen (secondary N) is 1. The number of hydrogen-bond acceptors (Lipinski definition) is 4. The first-order valence-corrected chi connectivity index (χ1v) is 8.74. The van der Waals surface area contributed by atoms with Crippen molar-refractivity contribution in [2.24, 2.45) is 0 Å². The van der Waals surface area contributed by atoms with E-state index in [0.29, 0.717) is 26.6 Å². The second-order valence-corrected chi connectivity index (χ2v) is 6.56. The van der Waals surface area contributed by atoms with Gasteiger partial charge < -0.3 is 9.73 Å². The highest BCUT2D eigenvalue weighted by Crippen LogP contribution is 2.30. The largest absolute Gasteiger partial charge is 0.450 e. The first-order chi connectivity index (χ1) is 11.6. The van der Waals surface area contributed by atoms with E-state index in [2.05, 4.69) is 10.3 Å². The molecule has 0 spiro atoms. The number of amides is 1. The third-order valence-corrected chi connectivity index (χ3v) is 4.83. The fourth-order valence-corrected chi connectivity index (χ4v) is 2.99. The molecule has 0 bridgehead atoms. The van der Waals surface area contributed by atoms with E-state index in [1.54, 1.807) is 30.6 Å². The van der Waals surface area contributed by atoms with Crippen LogP contribution in [0.2, 0.25) is 10.0 Å². The molecule has 3 aromatic rings. The maximum Gasteiger partial charge on any atom is 0.234 e. The molecule has 3 rings (SSSR count). The predicted octanol–water partition coefficient (Wildman–Crippen LogP) is 5.38. The highest BCUT2D eigenvalue weighted by Gasteiger charge is 2.11. The molecule has 7 heteroatoms. The minimum atomic E-state index is -0.191. The number of thioether (sulfide) groups is 1. The number of nitrogens with zero attached hydrogens (tertiary/aromatic N) is 1. The Labute approximate surface area is 153 Å². The van der Waals surface area contributed by atoms with Gasteiger partial charge in [-0.15, -0.1) is 0 Å². The van der Waals surface area contributed by atoms with E-state index >= 15 is 0 Å². The fraction of sp³-hybridized carbons (Fsp3) is 0.0588. The van der Waals surface area contributed by atoms with Gasteiger partial charge in [0.15, 0.2) is 5.09 Å². The van der Waals surface area contributed by atoms with Gasteiger partial charge in [-0.25, -0.2) is 0 Å². The van der Waals surface area contributed by atoms with Gasteiger partial charge in [0.1, 0.15) is 5.76 Å². The highest BCUT2D eigenvalue weighted by molar-refractivity contribution is 7.99. The topological polar surface area (TPSA) is 55.1 Å². The lowest BCUT2D eigenvalue weighted by Gasteiger charge is -2.07. The van der Waals surface area contributed by atoms with E-state index in [1.165, 1.54) is 11.8 Å². The Morgan fingerprint density at radius 3 is 2.83 bits per heavy atom. The number of rotatable bonds is 5. The molecule has 0 saturated carbocycles. The molecule has 0 fully saturated rings. The second-order valence-electron chi connectivity index (χ2n) is 4.80. The molecular formula is C17H12Cl2N2O2S.